The first-order valence-corrected chi connectivity index (χ1v) is 37.7. The Morgan fingerprint density at radius 3 is 1.13 bits per heavy atom. The highest BCUT2D eigenvalue weighted by Crippen LogP contribution is 2.38. The second kappa shape index (κ2) is 65.6. The van der Waals surface area contributed by atoms with E-state index in [1.165, 1.54) is 161 Å². The summed E-state index contributed by atoms with van der Waals surface area (Å²) in [7, 11) is 1.17. The summed E-state index contributed by atoms with van der Waals surface area (Å²) in [6, 6.07) is -0.902. The number of phosphoric ester groups is 1. The van der Waals surface area contributed by atoms with Gasteiger partial charge in [0.2, 0.25) is 5.91 Å². The van der Waals surface area contributed by atoms with Gasteiger partial charge in [-0.2, -0.15) is 0 Å². The lowest BCUT2D eigenvalue weighted by atomic mass is 10.0. The molecule has 0 fully saturated rings. The molecule has 0 aliphatic rings. The molecule has 0 saturated heterocycles. The number of amides is 1. The van der Waals surface area contributed by atoms with Crippen molar-refractivity contribution in [3.63, 3.8) is 0 Å². The minimum Gasteiger partial charge on any atom is -0.756 e. The number of likely N-dealkylation sites (N-methyl/N-ethyl adjacent to an activating group) is 1. The van der Waals surface area contributed by atoms with Crippen LogP contribution in [0.2, 0.25) is 0 Å². The number of rotatable bonds is 65. The number of ether oxygens (including phenoxy) is 1. The van der Waals surface area contributed by atoms with Crippen LogP contribution in [0.4, 0.5) is 0 Å². The van der Waals surface area contributed by atoms with Crippen LogP contribution in [-0.4, -0.2) is 69.4 Å². The fourth-order valence-electron chi connectivity index (χ4n) is 10.1. The fraction of sp³-hybridized carbons (Fsp3) is 0.740. The summed E-state index contributed by atoms with van der Waals surface area (Å²) < 4.78 is 30.5. The number of phosphoric acid groups is 1. The third-order valence-electron chi connectivity index (χ3n) is 15.7. The zero-order valence-electron chi connectivity index (χ0n) is 57.4. The number of nitrogens with zero attached hydrogens (tertiary/aromatic N) is 1. The maximum absolute atomic E-state index is 13.6. The smallest absolute Gasteiger partial charge is 0.306 e. The number of carbonyl (C=O) groups is 2. The van der Waals surface area contributed by atoms with Crippen molar-refractivity contribution in [1.82, 2.24) is 5.32 Å². The highest BCUT2D eigenvalue weighted by atomic mass is 31.2. The third-order valence-corrected chi connectivity index (χ3v) is 16.7. The Morgan fingerprint density at radius 2 is 0.736 bits per heavy atom. The number of hydrogen-bond acceptors (Lipinski definition) is 7. The van der Waals surface area contributed by atoms with E-state index < -0.39 is 26.6 Å². The number of nitrogens with one attached hydrogen (secondary N) is 1. The van der Waals surface area contributed by atoms with Gasteiger partial charge in [-0.05, 0) is 115 Å². The van der Waals surface area contributed by atoms with Gasteiger partial charge in [0.1, 0.15) is 19.3 Å². The molecule has 3 unspecified atom stereocenters. The molecule has 1 amide bonds. The van der Waals surface area contributed by atoms with E-state index >= 15 is 0 Å². The molecule has 3 atom stereocenters. The summed E-state index contributed by atoms with van der Waals surface area (Å²) in [6.45, 7) is 6.72. The van der Waals surface area contributed by atoms with Crippen molar-refractivity contribution >= 4 is 19.7 Å². The first-order valence-electron chi connectivity index (χ1n) is 36.2. The van der Waals surface area contributed by atoms with Crippen molar-refractivity contribution < 1.29 is 37.3 Å². The molecule has 502 valence electrons. The monoisotopic (exact) mass is 1230 g/mol. The first-order chi connectivity index (χ1) is 42.4. The molecule has 0 aromatic carbocycles. The van der Waals surface area contributed by atoms with E-state index in [2.05, 4.69) is 123 Å². The molecule has 0 heterocycles. The standard InChI is InChI=1S/C77H137N2O7P/c1-7-10-13-16-19-22-25-28-30-32-34-36-38-39-41-42-44-46-48-51-54-57-60-63-66-69-76(80)78-74(73-85-87(82,83)84-72-71-79(4,5)6)75(68-65-62-59-56-53-50-27-24-21-18-15-12-9-3)86-77(81)70-67-64-61-58-55-52-49-47-45-43-40-37-35-33-31-29-26-23-20-17-14-11-8-2/h11,14,19-20,22-23,28-31,34-37,43,45,65,68,74-75H,7-10,12-13,15-18,21,24-27,32-33,38-42,44,46-64,66-67,69-73H2,1-6H3,(H-,78,80,82,83)/b14-11-,22-19-,23-20-,30-28-,31-29-,36-34-,37-35-,45-43-,68-65+. The maximum atomic E-state index is 13.6. The van der Waals surface area contributed by atoms with Gasteiger partial charge < -0.3 is 28.5 Å². The molecule has 0 aliphatic carbocycles. The largest absolute Gasteiger partial charge is 0.756 e. The maximum Gasteiger partial charge on any atom is 0.306 e. The zero-order valence-corrected chi connectivity index (χ0v) is 58.3. The summed E-state index contributed by atoms with van der Waals surface area (Å²) in [5.41, 5.74) is 0. The van der Waals surface area contributed by atoms with Gasteiger partial charge in [0, 0.05) is 12.8 Å². The number of unbranched alkanes of at least 4 members (excludes halogenated alkanes) is 33. The molecule has 0 bridgehead atoms. The Hall–Kier alpha value is -3.33. The summed E-state index contributed by atoms with van der Waals surface area (Å²) in [5.74, 6) is -0.553. The average Bonchev–Trinajstić information content (AvgIpc) is 3.70. The predicted octanol–water partition coefficient (Wildman–Crippen LogP) is 22.6. The van der Waals surface area contributed by atoms with Crippen LogP contribution in [0.15, 0.2) is 109 Å². The first kappa shape index (κ1) is 83.7. The van der Waals surface area contributed by atoms with Gasteiger partial charge in [-0.1, -0.05) is 297 Å². The van der Waals surface area contributed by atoms with Gasteiger partial charge in [0.15, 0.2) is 0 Å². The second-order valence-electron chi connectivity index (χ2n) is 25.4. The summed E-state index contributed by atoms with van der Waals surface area (Å²) >= 11 is 0. The summed E-state index contributed by atoms with van der Waals surface area (Å²) in [6.07, 6.45) is 90.6. The lowest BCUT2D eigenvalue weighted by Gasteiger charge is -2.30. The molecule has 0 rings (SSSR count). The van der Waals surface area contributed by atoms with Gasteiger partial charge in [0.05, 0.1) is 33.8 Å². The second-order valence-corrected chi connectivity index (χ2v) is 26.8. The SMILES string of the molecule is CC/C=C\C/C=C\C/C=C\C/C=C\C/C=C\CCCCCCCCCC(=O)OC(/C=C/CCCCCCCCCCCCC)C(COP(=O)([O-])OCC[N+](C)(C)C)NC(=O)CCCCCCCCCCCCCC/C=C\C/C=C\C/C=C\CCCCC. The van der Waals surface area contributed by atoms with E-state index in [9.17, 15) is 19.0 Å². The number of esters is 1. The van der Waals surface area contributed by atoms with Crippen molar-refractivity contribution in [3.8, 4) is 0 Å². The molecule has 0 radical (unpaired) electrons. The van der Waals surface area contributed by atoms with Gasteiger partial charge in [0.25, 0.3) is 7.82 Å². The van der Waals surface area contributed by atoms with Crippen molar-refractivity contribution in [3.05, 3.63) is 109 Å². The molecule has 0 aromatic rings. The normalized spacial score (nSPS) is 14.1. The van der Waals surface area contributed by atoms with Crippen LogP contribution in [0.25, 0.3) is 0 Å². The van der Waals surface area contributed by atoms with Crippen LogP contribution >= 0.6 is 7.82 Å². The van der Waals surface area contributed by atoms with Gasteiger partial charge in [-0.25, -0.2) is 0 Å². The molecule has 10 heteroatoms. The molecule has 0 saturated carbocycles. The van der Waals surface area contributed by atoms with Crippen molar-refractivity contribution in [2.45, 2.75) is 328 Å². The fourth-order valence-corrected chi connectivity index (χ4v) is 10.9. The molecule has 9 nitrogen and oxygen atoms in total. The van der Waals surface area contributed by atoms with Crippen LogP contribution in [0.3, 0.4) is 0 Å². The molecule has 0 spiro atoms. The Bertz CT molecular complexity index is 1860. The van der Waals surface area contributed by atoms with Crippen LogP contribution < -0.4 is 10.2 Å². The summed E-state index contributed by atoms with van der Waals surface area (Å²) in [4.78, 5) is 40.3. The van der Waals surface area contributed by atoms with Gasteiger partial charge in [-0.3, -0.25) is 14.2 Å². The lowest BCUT2D eigenvalue weighted by Crippen LogP contribution is -2.47. The summed E-state index contributed by atoms with van der Waals surface area (Å²) in [5, 5.41) is 3.04. The molecular formula is C77H137N2O7P. The van der Waals surface area contributed by atoms with Gasteiger partial charge >= 0.3 is 5.97 Å². The third kappa shape index (κ3) is 66.9. The predicted molar refractivity (Wildman–Crippen MR) is 376 cm³/mol. The van der Waals surface area contributed by atoms with E-state index in [1.807, 2.05) is 33.3 Å². The van der Waals surface area contributed by atoms with E-state index in [0.717, 1.165) is 116 Å². The molecule has 87 heavy (non-hydrogen) atoms. The van der Waals surface area contributed by atoms with Crippen molar-refractivity contribution in [1.29, 1.82) is 0 Å². The number of allylic oxidation sites excluding steroid dienone is 17. The average molecular weight is 1230 g/mol. The van der Waals surface area contributed by atoms with Crippen LogP contribution in [0.1, 0.15) is 316 Å². The van der Waals surface area contributed by atoms with Crippen LogP contribution in [0.5, 0.6) is 0 Å². The Labute approximate surface area is 538 Å². The number of carbonyl (C=O) groups excluding carboxylic acids is 2. The molecule has 1 N–H and O–H groups in total. The highest BCUT2D eigenvalue weighted by Gasteiger charge is 2.27. The topological polar surface area (TPSA) is 114 Å². The van der Waals surface area contributed by atoms with Crippen LogP contribution in [-0.2, 0) is 27.9 Å². The quantitative estimate of drug-likeness (QED) is 0.0212. The highest BCUT2D eigenvalue weighted by molar-refractivity contribution is 7.45. The lowest BCUT2D eigenvalue weighted by molar-refractivity contribution is -0.870. The minimum absolute atomic E-state index is 0.0289. The van der Waals surface area contributed by atoms with E-state index in [-0.39, 0.29) is 24.9 Å². The molecule has 0 aliphatic heterocycles. The number of quaternary nitrogens is 1. The van der Waals surface area contributed by atoms with E-state index in [0.29, 0.717) is 23.9 Å². The van der Waals surface area contributed by atoms with Crippen molar-refractivity contribution in [2.24, 2.45) is 0 Å². The Morgan fingerprint density at radius 1 is 0.414 bits per heavy atom. The van der Waals surface area contributed by atoms with Crippen LogP contribution in [0, 0.1) is 0 Å². The Balaban J connectivity index is 5.12. The molecular weight excluding hydrogens is 1100 g/mol. The van der Waals surface area contributed by atoms with E-state index in [4.69, 9.17) is 13.8 Å². The Kier molecular flexibility index (Phi) is 63.1. The van der Waals surface area contributed by atoms with Crippen molar-refractivity contribution in [2.75, 3.05) is 40.9 Å². The zero-order chi connectivity index (χ0) is 63.5. The minimum atomic E-state index is -4.72. The van der Waals surface area contributed by atoms with E-state index in [1.54, 1.807) is 0 Å². The van der Waals surface area contributed by atoms with Gasteiger partial charge in [-0.15, -0.1) is 0 Å². The number of hydrogen-bond donors (Lipinski definition) is 1. The molecule has 0 aromatic heterocycles.